The number of hydrogen-bond acceptors (Lipinski definition) is 2. The summed E-state index contributed by atoms with van der Waals surface area (Å²) >= 11 is 0. The van der Waals surface area contributed by atoms with Crippen LogP contribution in [0.15, 0.2) is 0 Å². The molecule has 13 heavy (non-hydrogen) atoms. The summed E-state index contributed by atoms with van der Waals surface area (Å²) in [6.07, 6.45) is 2.86. The maximum absolute atomic E-state index is 3.39. The lowest BCUT2D eigenvalue weighted by Crippen LogP contribution is -2.28. The van der Waals surface area contributed by atoms with Gasteiger partial charge in [-0.3, -0.25) is 0 Å². The summed E-state index contributed by atoms with van der Waals surface area (Å²) in [6, 6.07) is 1.59. The molecule has 1 saturated carbocycles. The van der Waals surface area contributed by atoms with Gasteiger partial charge in [0.05, 0.1) is 0 Å². The van der Waals surface area contributed by atoms with Crippen LogP contribution in [-0.2, 0) is 0 Å². The Morgan fingerprint density at radius 1 is 1.38 bits per heavy atom. The van der Waals surface area contributed by atoms with Crippen molar-refractivity contribution in [3.63, 3.8) is 0 Å². The molecule has 0 aromatic carbocycles. The van der Waals surface area contributed by atoms with E-state index in [0.717, 1.165) is 23.9 Å². The van der Waals surface area contributed by atoms with Crippen molar-refractivity contribution in [2.45, 2.75) is 38.8 Å². The van der Waals surface area contributed by atoms with Crippen LogP contribution in [0.5, 0.6) is 0 Å². The Kier molecular flexibility index (Phi) is 2.61. The van der Waals surface area contributed by atoms with Crippen LogP contribution in [-0.4, -0.2) is 37.1 Å². The zero-order valence-electron chi connectivity index (χ0n) is 9.09. The SMILES string of the molecule is CNC1CC1C1CCN(C(C)C)C1. The van der Waals surface area contributed by atoms with Gasteiger partial charge in [0.15, 0.2) is 0 Å². The minimum absolute atomic E-state index is 0.747. The first-order valence-corrected chi connectivity index (χ1v) is 5.63. The molecular weight excluding hydrogens is 160 g/mol. The quantitative estimate of drug-likeness (QED) is 0.708. The summed E-state index contributed by atoms with van der Waals surface area (Å²) in [4.78, 5) is 2.62. The zero-order chi connectivity index (χ0) is 9.42. The summed E-state index contributed by atoms with van der Waals surface area (Å²) in [6.45, 7) is 7.30. The van der Waals surface area contributed by atoms with Crippen LogP contribution < -0.4 is 5.32 Å². The standard InChI is InChI=1S/C11H22N2/c1-8(2)13-5-4-9(7-13)10-6-11(10)12-3/h8-12H,4-7H2,1-3H3. The molecule has 0 aromatic heterocycles. The second-order valence-electron chi connectivity index (χ2n) is 4.93. The summed E-state index contributed by atoms with van der Waals surface area (Å²) < 4.78 is 0. The van der Waals surface area contributed by atoms with Gasteiger partial charge in [-0.15, -0.1) is 0 Å². The van der Waals surface area contributed by atoms with E-state index in [0.29, 0.717) is 0 Å². The topological polar surface area (TPSA) is 15.3 Å². The van der Waals surface area contributed by atoms with E-state index in [2.05, 4.69) is 31.1 Å². The molecule has 1 aliphatic heterocycles. The van der Waals surface area contributed by atoms with Crippen LogP contribution in [0.2, 0.25) is 0 Å². The minimum atomic E-state index is 0.747. The number of hydrogen-bond donors (Lipinski definition) is 1. The fourth-order valence-electron chi connectivity index (χ4n) is 2.70. The summed E-state index contributed by atoms with van der Waals surface area (Å²) in [5.74, 6) is 1.98. The normalized spacial score (nSPS) is 40.2. The van der Waals surface area contributed by atoms with Crippen LogP contribution in [0, 0.1) is 11.8 Å². The number of rotatable bonds is 3. The first-order valence-electron chi connectivity index (χ1n) is 5.63. The molecule has 0 amide bonds. The molecule has 0 radical (unpaired) electrons. The Morgan fingerprint density at radius 2 is 2.15 bits per heavy atom. The van der Waals surface area contributed by atoms with Crippen LogP contribution in [0.4, 0.5) is 0 Å². The molecule has 2 rings (SSSR count). The van der Waals surface area contributed by atoms with E-state index < -0.39 is 0 Å². The van der Waals surface area contributed by atoms with Gasteiger partial charge in [-0.25, -0.2) is 0 Å². The first-order chi connectivity index (χ1) is 6.22. The van der Waals surface area contributed by atoms with Gasteiger partial charge in [0.1, 0.15) is 0 Å². The Labute approximate surface area is 81.7 Å². The molecule has 1 saturated heterocycles. The second kappa shape index (κ2) is 3.58. The smallest absolute Gasteiger partial charge is 0.00993 e. The number of likely N-dealkylation sites (tertiary alicyclic amines) is 1. The van der Waals surface area contributed by atoms with E-state index in [1.165, 1.54) is 25.9 Å². The van der Waals surface area contributed by atoms with E-state index in [-0.39, 0.29) is 0 Å². The molecule has 3 atom stereocenters. The molecule has 0 aromatic rings. The van der Waals surface area contributed by atoms with Crippen molar-refractivity contribution in [1.82, 2.24) is 10.2 Å². The highest BCUT2D eigenvalue weighted by atomic mass is 15.2. The fourth-order valence-corrected chi connectivity index (χ4v) is 2.70. The van der Waals surface area contributed by atoms with Crippen LogP contribution in [0.25, 0.3) is 0 Å². The lowest BCUT2D eigenvalue weighted by molar-refractivity contribution is 0.259. The van der Waals surface area contributed by atoms with Gasteiger partial charge in [0, 0.05) is 18.6 Å². The molecule has 1 heterocycles. The zero-order valence-corrected chi connectivity index (χ0v) is 9.09. The van der Waals surface area contributed by atoms with E-state index in [9.17, 15) is 0 Å². The molecule has 2 fully saturated rings. The average molecular weight is 182 g/mol. The maximum atomic E-state index is 3.39. The van der Waals surface area contributed by atoms with Crippen molar-refractivity contribution in [3.8, 4) is 0 Å². The molecule has 3 unspecified atom stereocenters. The minimum Gasteiger partial charge on any atom is -0.317 e. The lowest BCUT2D eigenvalue weighted by atomic mass is 10.0. The maximum Gasteiger partial charge on any atom is 0.00993 e. The van der Waals surface area contributed by atoms with Crippen LogP contribution in [0.3, 0.4) is 0 Å². The van der Waals surface area contributed by atoms with Crippen molar-refractivity contribution >= 4 is 0 Å². The van der Waals surface area contributed by atoms with Crippen molar-refractivity contribution < 1.29 is 0 Å². The largest absolute Gasteiger partial charge is 0.317 e. The first kappa shape index (κ1) is 9.47. The highest BCUT2D eigenvalue weighted by Crippen LogP contribution is 2.41. The number of nitrogens with one attached hydrogen (secondary N) is 1. The van der Waals surface area contributed by atoms with Crippen molar-refractivity contribution in [2.24, 2.45) is 11.8 Å². The third-order valence-corrected chi connectivity index (χ3v) is 3.80. The predicted octanol–water partition coefficient (Wildman–Crippen LogP) is 1.32. The number of nitrogens with zero attached hydrogens (tertiary/aromatic N) is 1. The van der Waals surface area contributed by atoms with Gasteiger partial charge in [0.2, 0.25) is 0 Å². The highest BCUT2D eigenvalue weighted by molar-refractivity contribution is 4.99. The summed E-state index contributed by atoms with van der Waals surface area (Å²) in [5.41, 5.74) is 0. The molecule has 2 heteroatoms. The molecule has 1 aliphatic carbocycles. The van der Waals surface area contributed by atoms with Crippen LogP contribution in [0.1, 0.15) is 26.7 Å². The average Bonchev–Trinajstić information content (AvgIpc) is 2.73. The third kappa shape index (κ3) is 1.89. The van der Waals surface area contributed by atoms with Gasteiger partial charge in [-0.2, -0.15) is 0 Å². The third-order valence-electron chi connectivity index (χ3n) is 3.80. The highest BCUT2D eigenvalue weighted by Gasteiger charge is 2.44. The van der Waals surface area contributed by atoms with E-state index in [1.54, 1.807) is 0 Å². The van der Waals surface area contributed by atoms with Gasteiger partial charge in [-0.05, 0) is 52.1 Å². The van der Waals surface area contributed by atoms with Crippen molar-refractivity contribution in [1.29, 1.82) is 0 Å². The predicted molar refractivity (Wildman–Crippen MR) is 55.8 cm³/mol. The Bertz CT molecular complexity index is 179. The van der Waals surface area contributed by atoms with Crippen molar-refractivity contribution in [3.05, 3.63) is 0 Å². The molecule has 76 valence electrons. The summed E-state index contributed by atoms with van der Waals surface area (Å²) in [7, 11) is 2.10. The van der Waals surface area contributed by atoms with Crippen LogP contribution >= 0.6 is 0 Å². The fraction of sp³-hybridized carbons (Fsp3) is 1.00. The van der Waals surface area contributed by atoms with E-state index in [1.807, 2.05) is 0 Å². The Balaban J connectivity index is 1.79. The van der Waals surface area contributed by atoms with Gasteiger partial charge < -0.3 is 10.2 Å². The lowest BCUT2D eigenvalue weighted by Gasteiger charge is -2.20. The van der Waals surface area contributed by atoms with E-state index >= 15 is 0 Å². The second-order valence-corrected chi connectivity index (χ2v) is 4.93. The van der Waals surface area contributed by atoms with Gasteiger partial charge in [-0.1, -0.05) is 0 Å². The Hall–Kier alpha value is -0.0800. The van der Waals surface area contributed by atoms with E-state index in [4.69, 9.17) is 0 Å². The van der Waals surface area contributed by atoms with Gasteiger partial charge in [0.25, 0.3) is 0 Å². The Morgan fingerprint density at radius 3 is 2.62 bits per heavy atom. The van der Waals surface area contributed by atoms with Crippen molar-refractivity contribution in [2.75, 3.05) is 20.1 Å². The van der Waals surface area contributed by atoms with Gasteiger partial charge >= 0.3 is 0 Å². The molecular formula is C11H22N2. The molecule has 2 nitrogen and oxygen atoms in total. The molecule has 1 N–H and O–H groups in total. The molecule has 2 aliphatic rings. The summed E-state index contributed by atoms with van der Waals surface area (Å²) in [5, 5.41) is 3.39. The molecule has 0 bridgehead atoms. The molecule has 0 spiro atoms. The monoisotopic (exact) mass is 182 g/mol.